The number of rotatable bonds is 6. The number of aromatic nitrogens is 4. The Morgan fingerprint density at radius 2 is 1.86 bits per heavy atom. The Morgan fingerprint density at radius 1 is 1.03 bits per heavy atom. The molecule has 5 rings (SSSR count). The molecule has 0 atom stereocenters. The van der Waals surface area contributed by atoms with Gasteiger partial charge in [0.25, 0.3) is 5.91 Å². The number of hydrogen-bond donors (Lipinski definition) is 3. The zero-order chi connectivity index (χ0) is 26.0. The van der Waals surface area contributed by atoms with Gasteiger partial charge < -0.3 is 20.1 Å². The van der Waals surface area contributed by atoms with Crippen LogP contribution in [0.1, 0.15) is 42.4 Å². The zero-order valence-corrected chi connectivity index (χ0v) is 20.8. The Bertz CT molecular complexity index is 1590. The lowest BCUT2D eigenvalue weighted by atomic mass is 9.87. The molecule has 3 aromatic heterocycles. The number of nitrogens with zero attached hydrogens (tertiary/aromatic N) is 3. The van der Waals surface area contributed by atoms with Crippen LogP contribution in [0.25, 0.3) is 22.4 Å². The fourth-order valence-electron chi connectivity index (χ4n) is 3.88. The van der Waals surface area contributed by atoms with Crippen molar-refractivity contribution in [2.24, 2.45) is 0 Å². The molecule has 5 aromatic rings. The first-order valence-electron chi connectivity index (χ1n) is 11.9. The van der Waals surface area contributed by atoms with Gasteiger partial charge in [0.2, 0.25) is 0 Å². The van der Waals surface area contributed by atoms with Crippen LogP contribution in [0.4, 0.5) is 5.69 Å². The third-order valence-corrected chi connectivity index (χ3v) is 5.90. The predicted octanol–water partition coefficient (Wildman–Crippen LogP) is 5.85. The highest BCUT2D eigenvalue weighted by Crippen LogP contribution is 2.28. The minimum Gasteiger partial charge on any atom is -0.457 e. The monoisotopic (exact) mass is 493 g/mol. The number of benzene rings is 2. The summed E-state index contributed by atoms with van der Waals surface area (Å²) in [5, 5.41) is 13.0. The van der Waals surface area contributed by atoms with Gasteiger partial charge in [-0.2, -0.15) is 0 Å². The highest BCUT2D eigenvalue weighted by Gasteiger charge is 2.15. The molecular weight excluding hydrogens is 466 g/mol. The van der Waals surface area contributed by atoms with Crippen LogP contribution < -0.4 is 10.1 Å². The SMILES string of the molecule is CC(C)(C)c1cccc(NC(=O)c2cnc3ccc(Oc4ccnc(-c5nc(CO)c[nH]5)c4)cc3c2)c1. The highest BCUT2D eigenvalue weighted by atomic mass is 16.5. The molecule has 0 bridgehead atoms. The van der Waals surface area contributed by atoms with Crippen LogP contribution in [0.2, 0.25) is 0 Å². The van der Waals surface area contributed by atoms with Crippen molar-refractivity contribution >= 4 is 22.5 Å². The smallest absolute Gasteiger partial charge is 0.257 e. The molecule has 3 heterocycles. The number of hydrogen-bond acceptors (Lipinski definition) is 6. The van der Waals surface area contributed by atoms with Crippen LogP contribution in [0.15, 0.2) is 79.3 Å². The summed E-state index contributed by atoms with van der Waals surface area (Å²) in [5.41, 5.74) is 4.20. The van der Waals surface area contributed by atoms with E-state index in [1.54, 1.807) is 36.8 Å². The summed E-state index contributed by atoms with van der Waals surface area (Å²) in [6.45, 7) is 6.26. The van der Waals surface area contributed by atoms with Gasteiger partial charge in [-0.15, -0.1) is 0 Å². The molecular formula is C29H27N5O3. The number of ether oxygens (including phenoxy) is 1. The molecule has 8 nitrogen and oxygen atoms in total. The van der Waals surface area contributed by atoms with E-state index >= 15 is 0 Å². The van der Waals surface area contributed by atoms with Crippen molar-refractivity contribution in [3.05, 3.63) is 96.1 Å². The van der Waals surface area contributed by atoms with Crippen molar-refractivity contribution in [3.63, 3.8) is 0 Å². The van der Waals surface area contributed by atoms with E-state index in [0.717, 1.165) is 22.2 Å². The maximum Gasteiger partial charge on any atom is 0.257 e. The molecule has 1 amide bonds. The number of aliphatic hydroxyl groups excluding tert-OH is 1. The number of H-pyrrole nitrogens is 1. The number of nitrogens with one attached hydrogen (secondary N) is 2. The van der Waals surface area contributed by atoms with Gasteiger partial charge in [-0.05, 0) is 53.4 Å². The number of amides is 1. The summed E-state index contributed by atoms with van der Waals surface area (Å²) < 4.78 is 6.06. The normalized spacial score (nSPS) is 11.5. The van der Waals surface area contributed by atoms with E-state index in [4.69, 9.17) is 4.74 Å². The Morgan fingerprint density at radius 3 is 2.65 bits per heavy atom. The fourth-order valence-corrected chi connectivity index (χ4v) is 3.88. The number of aromatic amines is 1. The molecule has 0 radical (unpaired) electrons. The lowest BCUT2D eigenvalue weighted by Crippen LogP contribution is -2.15. The lowest BCUT2D eigenvalue weighted by Gasteiger charge is -2.19. The molecule has 3 N–H and O–H groups in total. The van der Waals surface area contributed by atoms with Crippen LogP contribution in [0.5, 0.6) is 11.5 Å². The molecule has 0 saturated heterocycles. The lowest BCUT2D eigenvalue weighted by molar-refractivity contribution is 0.102. The van der Waals surface area contributed by atoms with Gasteiger partial charge in [-0.1, -0.05) is 32.9 Å². The molecule has 0 aliphatic rings. The summed E-state index contributed by atoms with van der Waals surface area (Å²) >= 11 is 0. The van der Waals surface area contributed by atoms with Gasteiger partial charge in [-0.25, -0.2) is 4.98 Å². The first-order valence-corrected chi connectivity index (χ1v) is 11.9. The maximum atomic E-state index is 13.0. The minimum absolute atomic E-state index is 0.0163. The standard InChI is InChI=1S/C29H27N5O3/c1-29(2,3)20-5-4-6-21(13-20)34-28(36)19-11-18-12-23(7-8-25(18)31-15-19)37-24-9-10-30-26(14-24)27-32-16-22(17-35)33-27/h4-16,35H,17H2,1-3H3,(H,32,33)(H,34,36). The molecule has 0 unspecified atom stereocenters. The summed E-state index contributed by atoms with van der Waals surface area (Å²) in [7, 11) is 0. The quantitative estimate of drug-likeness (QED) is 0.273. The van der Waals surface area contributed by atoms with Gasteiger partial charge in [-0.3, -0.25) is 14.8 Å². The van der Waals surface area contributed by atoms with Crippen molar-refractivity contribution in [1.82, 2.24) is 19.9 Å². The predicted molar refractivity (Wildman–Crippen MR) is 143 cm³/mol. The van der Waals surface area contributed by atoms with Gasteiger partial charge in [0.15, 0.2) is 5.82 Å². The van der Waals surface area contributed by atoms with Crippen LogP contribution in [-0.2, 0) is 12.0 Å². The summed E-state index contributed by atoms with van der Waals surface area (Å²) in [4.78, 5) is 29.0. The van der Waals surface area contributed by atoms with Crippen molar-refractivity contribution < 1.29 is 14.6 Å². The number of pyridine rings is 2. The molecule has 0 aliphatic carbocycles. The summed E-state index contributed by atoms with van der Waals surface area (Å²) in [6.07, 6.45) is 4.84. The molecule has 186 valence electrons. The largest absolute Gasteiger partial charge is 0.457 e. The highest BCUT2D eigenvalue weighted by molar-refractivity contribution is 6.05. The van der Waals surface area contributed by atoms with Gasteiger partial charge in [0.05, 0.1) is 23.4 Å². The second-order valence-corrected chi connectivity index (χ2v) is 9.74. The third-order valence-electron chi connectivity index (χ3n) is 5.90. The molecule has 0 spiro atoms. The van der Waals surface area contributed by atoms with E-state index < -0.39 is 0 Å². The summed E-state index contributed by atoms with van der Waals surface area (Å²) in [6, 6.07) is 18.7. The van der Waals surface area contributed by atoms with E-state index in [0.29, 0.717) is 34.3 Å². The number of aliphatic hydroxyl groups is 1. The second kappa shape index (κ2) is 9.83. The van der Waals surface area contributed by atoms with Crippen LogP contribution in [0, 0.1) is 0 Å². The summed E-state index contributed by atoms with van der Waals surface area (Å²) in [5.74, 6) is 1.48. The van der Waals surface area contributed by atoms with Gasteiger partial charge >= 0.3 is 0 Å². The average molecular weight is 494 g/mol. The number of imidazole rings is 1. The number of carbonyl (C=O) groups is 1. The van der Waals surface area contributed by atoms with E-state index in [1.165, 1.54) is 0 Å². The van der Waals surface area contributed by atoms with Gasteiger partial charge in [0.1, 0.15) is 17.2 Å². The topological polar surface area (TPSA) is 113 Å². The molecule has 0 fully saturated rings. The van der Waals surface area contributed by atoms with Crippen molar-refractivity contribution in [1.29, 1.82) is 0 Å². The fraction of sp³-hybridized carbons (Fsp3) is 0.172. The van der Waals surface area contributed by atoms with Crippen LogP contribution >= 0.6 is 0 Å². The van der Waals surface area contributed by atoms with Crippen molar-refractivity contribution in [3.8, 4) is 23.0 Å². The van der Waals surface area contributed by atoms with Gasteiger partial charge in [0, 0.05) is 35.7 Å². The van der Waals surface area contributed by atoms with Crippen molar-refractivity contribution in [2.75, 3.05) is 5.32 Å². The Balaban J connectivity index is 1.36. The van der Waals surface area contributed by atoms with Crippen molar-refractivity contribution in [2.45, 2.75) is 32.8 Å². The Kier molecular flexibility index (Phi) is 6.42. The molecule has 0 saturated carbocycles. The van der Waals surface area contributed by atoms with E-state index in [-0.39, 0.29) is 17.9 Å². The number of fused-ring (bicyclic) bond motifs is 1. The average Bonchev–Trinajstić information content (AvgIpc) is 3.38. The Hall–Kier alpha value is -4.56. The zero-order valence-electron chi connectivity index (χ0n) is 20.8. The first-order chi connectivity index (χ1) is 17.8. The Labute approximate surface area is 214 Å². The minimum atomic E-state index is -0.230. The van der Waals surface area contributed by atoms with Crippen LogP contribution in [0.3, 0.4) is 0 Å². The molecule has 37 heavy (non-hydrogen) atoms. The van der Waals surface area contributed by atoms with E-state index in [9.17, 15) is 9.90 Å². The van der Waals surface area contributed by atoms with Crippen LogP contribution in [-0.4, -0.2) is 30.9 Å². The second-order valence-electron chi connectivity index (χ2n) is 9.74. The van der Waals surface area contributed by atoms with E-state index in [2.05, 4.69) is 52.1 Å². The third kappa shape index (κ3) is 5.49. The van der Waals surface area contributed by atoms with E-state index in [1.807, 2.05) is 36.4 Å². The molecule has 0 aliphatic heterocycles. The maximum absolute atomic E-state index is 13.0. The number of carbonyl (C=O) groups excluding carboxylic acids is 1. The first kappa shape index (κ1) is 24.1. The molecule has 2 aromatic carbocycles. The number of anilines is 1. The molecule has 8 heteroatoms.